The quantitative estimate of drug-likeness (QED) is 0.624. The van der Waals surface area contributed by atoms with E-state index in [0.717, 1.165) is 5.56 Å². The van der Waals surface area contributed by atoms with Gasteiger partial charge in [0.25, 0.3) is 11.8 Å². The minimum absolute atomic E-state index is 0.260. The second kappa shape index (κ2) is 10.3. The molecule has 0 saturated heterocycles. The first-order valence-corrected chi connectivity index (χ1v) is 8.83. The first-order valence-electron chi connectivity index (χ1n) is 8.83. The number of hydrogen-bond acceptors (Lipinski definition) is 5. The lowest BCUT2D eigenvalue weighted by Gasteiger charge is -2.23. The number of nitrogens with one attached hydrogen (secondary N) is 3. The van der Waals surface area contributed by atoms with E-state index in [1.807, 2.05) is 6.07 Å². The van der Waals surface area contributed by atoms with Crippen molar-refractivity contribution in [1.82, 2.24) is 16.0 Å². The molecule has 0 aromatic heterocycles. The fourth-order valence-electron chi connectivity index (χ4n) is 2.26. The van der Waals surface area contributed by atoms with E-state index in [1.54, 1.807) is 45.9 Å². The fourth-order valence-corrected chi connectivity index (χ4v) is 2.26. The highest BCUT2D eigenvalue weighted by molar-refractivity contribution is 5.99. The van der Waals surface area contributed by atoms with Crippen LogP contribution in [0.5, 0.6) is 0 Å². The van der Waals surface area contributed by atoms with Crippen molar-refractivity contribution in [3.05, 3.63) is 35.4 Å². The molecule has 0 radical (unpaired) electrons. The fraction of sp³-hybridized carbons (Fsp3) is 0.474. The maximum Gasteiger partial charge on any atom is 0.329 e. The third-order valence-corrected chi connectivity index (χ3v) is 3.83. The zero-order chi connectivity index (χ0) is 20.6. The Morgan fingerprint density at radius 3 is 2.26 bits per heavy atom. The number of urea groups is 1. The molecule has 3 N–H and O–H groups in total. The van der Waals surface area contributed by atoms with Crippen molar-refractivity contribution < 1.29 is 23.9 Å². The lowest BCUT2D eigenvalue weighted by Crippen LogP contribution is -2.49. The SMILES string of the molecule is CCNC(=O)NC(=O)C(C)OC(=O)C(NC(=O)c1ccccc1C)C(C)C. The van der Waals surface area contributed by atoms with Crippen LogP contribution in [0.25, 0.3) is 0 Å². The molecule has 0 saturated carbocycles. The summed E-state index contributed by atoms with van der Waals surface area (Å²) in [6.45, 7) is 8.72. The van der Waals surface area contributed by atoms with Crippen molar-refractivity contribution in [1.29, 1.82) is 0 Å². The Labute approximate surface area is 159 Å². The number of carbonyl (C=O) groups excluding carboxylic acids is 4. The number of imide groups is 1. The summed E-state index contributed by atoms with van der Waals surface area (Å²) in [6.07, 6.45) is -1.18. The molecule has 1 aromatic rings. The summed E-state index contributed by atoms with van der Waals surface area (Å²) in [4.78, 5) is 48.2. The van der Waals surface area contributed by atoms with E-state index < -0.39 is 36.0 Å². The summed E-state index contributed by atoms with van der Waals surface area (Å²) in [5, 5.41) is 7.14. The first kappa shape index (κ1) is 22.1. The van der Waals surface area contributed by atoms with E-state index in [-0.39, 0.29) is 5.92 Å². The molecule has 2 atom stereocenters. The van der Waals surface area contributed by atoms with Crippen LogP contribution in [0.3, 0.4) is 0 Å². The lowest BCUT2D eigenvalue weighted by atomic mass is 10.0. The van der Waals surface area contributed by atoms with Gasteiger partial charge in [-0.15, -0.1) is 0 Å². The molecule has 0 aliphatic carbocycles. The van der Waals surface area contributed by atoms with Crippen LogP contribution in [0.1, 0.15) is 43.6 Å². The van der Waals surface area contributed by atoms with Crippen LogP contribution in [-0.2, 0) is 14.3 Å². The van der Waals surface area contributed by atoms with Gasteiger partial charge in [-0.2, -0.15) is 0 Å². The highest BCUT2D eigenvalue weighted by Gasteiger charge is 2.29. The Morgan fingerprint density at radius 2 is 1.70 bits per heavy atom. The molecule has 8 heteroatoms. The second-order valence-corrected chi connectivity index (χ2v) is 6.44. The van der Waals surface area contributed by atoms with Gasteiger partial charge in [-0.3, -0.25) is 14.9 Å². The van der Waals surface area contributed by atoms with Gasteiger partial charge in [0.1, 0.15) is 6.04 Å². The van der Waals surface area contributed by atoms with E-state index in [9.17, 15) is 19.2 Å². The predicted octanol–water partition coefficient (Wildman–Crippen LogP) is 1.53. The Bertz CT molecular complexity index is 702. The molecule has 0 spiro atoms. The summed E-state index contributed by atoms with van der Waals surface area (Å²) in [7, 11) is 0. The number of amides is 4. The van der Waals surface area contributed by atoms with Crippen molar-refractivity contribution in [2.75, 3.05) is 6.54 Å². The van der Waals surface area contributed by atoms with Gasteiger partial charge in [0.15, 0.2) is 6.10 Å². The van der Waals surface area contributed by atoms with Gasteiger partial charge in [-0.25, -0.2) is 9.59 Å². The third kappa shape index (κ3) is 6.73. The van der Waals surface area contributed by atoms with Crippen LogP contribution in [0.4, 0.5) is 4.79 Å². The summed E-state index contributed by atoms with van der Waals surface area (Å²) >= 11 is 0. The van der Waals surface area contributed by atoms with Crippen LogP contribution < -0.4 is 16.0 Å². The zero-order valence-electron chi connectivity index (χ0n) is 16.3. The van der Waals surface area contributed by atoms with Crippen LogP contribution in [0.15, 0.2) is 24.3 Å². The number of esters is 1. The molecule has 0 aliphatic rings. The average molecular weight is 377 g/mol. The number of carbonyl (C=O) groups is 4. The summed E-state index contributed by atoms with van der Waals surface area (Å²) in [6, 6.07) is 5.41. The number of benzene rings is 1. The zero-order valence-corrected chi connectivity index (χ0v) is 16.3. The van der Waals surface area contributed by atoms with Crippen molar-refractivity contribution in [2.45, 2.75) is 46.8 Å². The lowest BCUT2D eigenvalue weighted by molar-refractivity contribution is -0.157. The average Bonchev–Trinajstić information content (AvgIpc) is 2.59. The molecule has 1 rings (SSSR count). The number of rotatable bonds is 7. The van der Waals surface area contributed by atoms with Crippen LogP contribution in [0.2, 0.25) is 0 Å². The topological polar surface area (TPSA) is 114 Å². The van der Waals surface area contributed by atoms with Gasteiger partial charge in [-0.1, -0.05) is 32.0 Å². The van der Waals surface area contributed by atoms with Crippen molar-refractivity contribution >= 4 is 23.8 Å². The normalized spacial score (nSPS) is 12.7. The largest absolute Gasteiger partial charge is 0.451 e. The molecule has 1 aromatic carbocycles. The summed E-state index contributed by atoms with van der Waals surface area (Å²) < 4.78 is 5.14. The van der Waals surface area contributed by atoms with Crippen molar-refractivity contribution in [3.8, 4) is 0 Å². The minimum Gasteiger partial charge on any atom is -0.451 e. The highest BCUT2D eigenvalue weighted by Crippen LogP contribution is 2.11. The molecule has 0 bridgehead atoms. The maximum atomic E-state index is 12.5. The number of hydrogen-bond donors (Lipinski definition) is 3. The van der Waals surface area contributed by atoms with Crippen molar-refractivity contribution in [3.63, 3.8) is 0 Å². The molecule has 0 aliphatic heterocycles. The molecular formula is C19H27N3O5. The Balaban J connectivity index is 2.75. The molecule has 4 amide bonds. The molecule has 2 unspecified atom stereocenters. The maximum absolute atomic E-state index is 12.5. The summed E-state index contributed by atoms with van der Waals surface area (Å²) in [5.41, 5.74) is 1.23. The molecular weight excluding hydrogens is 350 g/mol. The van der Waals surface area contributed by atoms with E-state index >= 15 is 0 Å². The van der Waals surface area contributed by atoms with Gasteiger partial charge in [-0.05, 0) is 38.3 Å². The number of ether oxygens (including phenoxy) is 1. The second-order valence-electron chi connectivity index (χ2n) is 6.44. The minimum atomic E-state index is -1.18. The van der Waals surface area contributed by atoms with E-state index in [0.29, 0.717) is 12.1 Å². The molecule has 0 heterocycles. The molecule has 8 nitrogen and oxygen atoms in total. The molecule has 0 fully saturated rings. The Kier molecular flexibility index (Phi) is 8.44. The monoisotopic (exact) mass is 377 g/mol. The van der Waals surface area contributed by atoms with Crippen LogP contribution >= 0.6 is 0 Å². The molecule has 148 valence electrons. The van der Waals surface area contributed by atoms with Crippen molar-refractivity contribution in [2.24, 2.45) is 5.92 Å². The highest BCUT2D eigenvalue weighted by atomic mass is 16.5. The third-order valence-electron chi connectivity index (χ3n) is 3.83. The van der Waals surface area contributed by atoms with Crippen LogP contribution in [0, 0.1) is 12.8 Å². The smallest absolute Gasteiger partial charge is 0.329 e. The Hall–Kier alpha value is -2.90. The van der Waals surface area contributed by atoms with Gasteiger partial charge in [0.2, 0.25) is 0 Å². The predicted molar refractivity (Wildman–Crippen MR) is 100 cm³/mol. The van der Waals surface area contributed by atoms with Gasteiger partial charge >= 0.3 is 12.0 Å². The molecule has 27 heavy (non-hydrogen) atoms. The van der Waals surface area contributed by atoms with E-state index in [4.69, 9.17) is 4.74 Å². The Morgan fingerprint density at radius 1 is 1.07 bits per heavy atom. The van der Waals surface area contributed by atoms with E-state index in [1.165, 1.54) is 6.92 Å². The van der Waals surface area contributed by atoms with Gasteiger partial charge in [0.05, 0.1) is 0 Å². The first-order chi connectivity index (χ1) is 12.7. The van der Waals surface area contributed by atoms with Gasteiger partial charge in [0, 0.05) is 12.1 Å². The van der Waals surface area contributed by atoms with E-state index in [2.05, 4.69) is 16.0 Å². The van der Waals surface area contributed by atoms with Crippen LogP contribution in [-0.4, -0.2) is 42.5 Å². The van der Waals surface area contributed by atoms with Gasteiger partial charge < -0.3 is 15.4 Å². The standard InChI is InChI=1S/C19H27N3O5/c1-6-20-19(26)22-16(23)13(5)27-18(25)15(11(2)3)21-17(24)14-10-8-7-9-12(14)4/h7-11,13,15H,6H2,1-5H3,(H,21,24)(H2,20,22,23,26). The summed E-state index contributed by atoms with van der Waals surface area (Å²) in [5.74, 6) is -2.15. The number of aryl methyl sites for hydroxylation is 1.